The Morgan fingerprint density at radius 1 is 0.710 bits per heavy atom. The molecule has 0 unspecified atom stereocenters. The predicted octanol–water partition coefficient (Wildman–Crippen LogP) is 10.2. The summed E-state index contributed by atoms with van der Waals surface area (Å²) in [6, 6.07) is 19.2. The largest absolute Gasteiger partial charge is 0.308 e. The Morgan fingerprint density at radius 2 is 1.29 bits per heavy atom. The van der Waals surface area contributed by atoms with Gasteiger partial charge in [-0.3, -0.25) is 0 Å². The van der Waals surface area contributed by atoms with Crippen molar-refractivity contribution >= 4 is 60.5 Å². The number of rotatable bonds is 3. The van der Waals surface area contributed by atoms with Crippen molar-refractivity contribution in [3.05, 3.63) is 85.3 Å². The van der Waals surface area contributed by atoms with E-state index in [-0.39, 0.29) is 10.8 Å². The number of anilines is 3. The van der Waals surface area contributed by atoms with Crippen LogP contribution in [0.5, 0.6) is 0 Å². The molecular weight excluding hydrogens is 534 g/mol. The highest BCUT2D eigenvalue weighted by Gasteiger charge is 2.24. The first-order valence-electron chi connectivity index (χ1n) is 10.5. The summed E-state index contributed by atoms with van der Waals surface area (Å²) >= 11 is 14.0. The number of benzene rings is 3. The van der Waals surface area contributed by atoms with Gasteiger partial charge in [-0.05, 0) is 109 Å². The Hall–Kier alpha value is -1.29. The van der Waals surface area contributed by atoms with Gasteiger partial charge in [0.05, 0.1) is 11.4 Å². The number of halogens is 3. The van der Waals surface area contributed by atoms with Crippen molar-refractivity contribution in [1.29, 1.82) is 0 Å². The molecule has 1 nitrogen and oxygen atoms in total. The number of hydrogen-bond acceptors (Lipinski definition) is 1. The van der Waals surface area contributed by atoms with Gasteiger partial charge in [-0.1, -0.05) is 65.3 Å². The van der Waals surface area contributed by atoms with Crippen LogP contribution in [0.1, 0.15) is 58.2 Å². The van der Waals surface area contributed by atoms with E-state index in [0.717, 1.165) is 31.0 Å². The molecule has 0 saturated heterocycles. The number of hydrogen-bond donors (Lipinski definition) is 0. The Labute approximate surface area is 209 Å². The Kier molecular flexibility index (Phi) is 7.01. The fraction of sp³-hybridized carbons (Fsp3) is 0.333. The molecule has 0 aliphatic rings. The van der Waals surface area contributed by atoms with Gasteiger partial charge in [-0.15, -0.1) is 0 Å². The third-order valence-electron chi connectivity index (χ3n) is 5.48. The molecule has 164 valence electrons. The van der Waals surface area contributed by atoms with Crippen LogP contribution in [0.4, 0.5) is 17.1 Å². The van der Waals surface area contributed by atoms with Gasteiger partial charge in [-0.2, -0.15) is 0 Å². The van der Waals surface area contributed by atoms with Crippen LogP contribution < -0.4 is 4.90 Å². The van der Waals surface area contributed by atoms with Crippen LogP contribution in [0.3, 0.4) is 0 Å². The molecule has 3 rings (SSSR count). The first-order chi connectivity index (χ1) is 14.3. The third-order valence-corrected chi connectivity index (χ3v) is 7.40. The van der Waals surface area contributed by atoms with Crippen LogP contribution in [0, 0.1) is 6.92 Å². The summed E-state index contributed by atoms with van der Waals surface area (Å²) in [6.07, 6.45) is 0. The van der Waals surface area contributed by atoms with E-state index in [4.69, 9.17) is 11.6 Å². The van der Waals surface area contributed by atoms with E-state index in [2.05, 4.69) is 128 Å². The second-order valence-corrected chi connectivity index (χ2v) is 12.2. The van der Waals surface area contributed by atoms with Crippen LogP contribution >= 0.6 is 43.5 Å². The van der Waals surface area contributed by atoms with E-state index in [1.54, 1.807) is 0 Å². The van der Waals surface area contributed by atoms with Crippen LogP contribution in [0.25, 0.3) is 0 Å². The lowest BCUT2D eigenvalue weighted by molar-refractivity contribution is 0.589. The maximum atomic E-state index is 6.22. The van der Waals surface area contributed by atoms with E-state index in [1.807, 2.05) is 12.1 Å². The summed E-state index contributed by atoms with van der Waals surface area (Å²) in [4.78, 5) is 2.29. The Bertz CT molecular complexity index is 1090. The van der Waals surface area contributed by atoms with E-state index >= 15 is 0 Å². The summed E-state index contributed by atoms with van der Waals surface area (Å²) in [5.41, 5.74) is 7.17. The molecular formula is C27H30Br2ClN. The SMILES string of the molecule is Cc1cc(C(C)(C)C)cc(N(c2ccc(Cl)cc2)c2ccc(C(C)(C)C)cc2Br)c1Br. The molecule has 0 aliphatic carbocycles. The van der Waals surface area contributed by atoms with Crippen molar-refractivity contribution in [2.75, 3.05) is 4.90 Å². The van der Waals surface area contributed by atoms with Gasteiger partial charge in [0, 0.05) is 19.7 Å². The molecule has 0 fully saturated rings. The maximum Gasteiger partial charge on any atom is 0.0609 e. The zero-order valence-electron chi connectivity index (χ0n) is 19.3. The van der Waals surface area contributed by atoms with Crippen LogP contribution in [-0.2, 0) is 10.8 Å². The second kappa shape index (κ2) is 8.92. The smallest absolute Gasteiger partial charge is 0.0609 e. The van der Waals surface area contributed by atoms with Crippen molar-refractivity contribution in [1.82, 2.24) is 0 Å². The second-order valence-electron chi connectivity index (χ2n) is 10.1. The van der Waals surface area contributed by atoms with E-state index in [0.29, 0.717) is 0 Å². The van der Waals surface area contributed by atoms with Crippen LogP contribution in [-0.4, -0.2) is 0 Å². The monoisotopic (exact) mass is 561 g/mol. The van der Waals surface area contributed by atoms with Gasteiger partial charge in [0.2, 0.25) is 0 Å². The summed E-state index contributed by atoms with van der Waals surface area (Å²) in [6.45, 7) is 15.6. The minimum Gasteiger partial charge on any atom is -0.308 e. The average Bonchev–Trinajstić information content (AvgIpc) is 2.66. The summed E-state index contributed by atoms with van der Waals surface area (Å²) in [5, 5.41) is 0.726. The molecule has 0 N–H and O–H groups in total. The number of nitrogens with zero attached hydrogens (tertiary/aromatic N) is 1. The molecule has 3 aromatic carbocycles. The first-order valence-corrected chi connectivity index (χ1v) is 12.4. The minimum atomic E-state index is 0.0409. The van der Waals surface area contributed by atoms with Crippen molar-refractivity contribution in [2.24, 2.45) is 0 Å². The molecule has 4 heteroatoms. The first kappa shape index (κ1) is 24.4. The fourth-order valence-electron chi connectivity index (χ4n) is 3.50. The van der Waals surface area contributed by atoms with E-state index < -0.39 is 0 Å². The van der Waals surface area contributed by atoms with E-state index in [9.17, 15) is 0 Å². The molecule has 0 aliphatic heterocycles. The standard InChI is InChI=1S/C27H30Br2ClN/c1-17-14-19(27(5,6)7)16-24(25(17)29)31(21-11-9-20(30)10-12-21)23-13-8-18(15-22(23)28)26(2,3)4/h8-16H,1-7H3. The van der Waals surface area contributed by atoms with Gasteiger partial charge in [0.25, 0.3) is 0 Å². The molecule has 0 aromatic heterocycles. The maximum absolute atomic E-state index is 6.22. The average molecular weight is 564 g/mol. The molecule has 0 amide bonds. The highest BCUT2D eigenvalue weighted by molar-refractivity contribution is 9.11. The predicted molar refractivity (Wildman–Crippen MR) is 144 cm³/mol. The molecule has 0 heterocycles. The quantitative estimate of drug-likeness (QED) is 0.306. The molecule has 3 aromatic rings. The van der Waals surface area contributed by atoms with Gasteiger partial charge < -0.3 is 4.90 Å². The van der Waals surface area contributed by atoms with Gasteiger partial charge in [0.1, 0.15) is 0 Å². The lowest BCUT2D eigenvalue weighted by atomic mass is 9.85. The van der Waals surface area contributed by atoms with Crippen molar-refractivity contribution in [3.63, 3.8) is 0 Å². The summed E-state index contributed by atoms with van der Waals surface area (Å²) in [5.74, 6) is 0. The van der Waals surface area contributed by atoms with Gasteiger partial charge in [0.15, 0.2) is 0 Å². The molecule has 0 saturated carbocycles. The van der Waals surface area contributed by atoms with Crippen molar-refractivity contribution < 1.29 is 0 Å². The third kappa shape index (κ3) is 5.38. The molecule has 0 bridgehead atoms. The van der Waals surface area contributed by atoms with E-state index in [1.165, 1.54) is 16.7 Å². The lowest BCUT2D eigenvalue weighted by Gasteiger charge is -2.31. The Balaban J connectivity index is 2.30. The molecule has 0 spiro atoms. The zero-order valence-corrected chi connectivity index (χ0v) is 23.2. The Morgan fingerprint density at radius 3 is 1.81 bits per heavy atom. The fourth-order valence-corrected chi connectivity index (χ4v) is 4.59. The highest BCUT2D eigenvalue weighted by Crippen LogP contribution is 2.45. The number of aryl methyl sites for hydroxylation is 1. The van der Waals surface area contributed by atoms with Gasteiger partial charge >= 0.3 is 0 Å². The zero-order chi connectivity index (χ0) is 23.1. The summed E-state index contributed by atoms with van der Waals surface area (Å²) < 4.78 is 2.14. The van der Waals surface area contributed by atoms with Crippen molar-refractivity contribution in [3.8, 4) is 0 Å². The van der Waals surface area contributed by atoms with Gasteiger partial charge in [-0.25, -0.2) is 0 Å². The molecule has 0 atom stereocenters. The molecule has 31 heavy (non-hydrogen) atoms. The lowest BCUT2D eigenvalue weighted by Crippen LogP contribution is -2.17. The van der Waals surface area contributed by atoms with Crippen LogP contribution in [0.2, 0.25) is 5.02 Å². The van der Waals surface area contributed by atoms with Crippen LogP contribution in [0.15, 0.2) is 63.5 Å². The topological polar surface area (TPSA) is 3.24 Å². The highest BCUT2D eigenvalue weighted by atomic mass is 79.9. The summed E-state index contributed by atoms with van der Waals surface area (Å²) in [7, 11) is 0. The molecule has 0 radical (unpaired) electrons. The normalized spacial score (nSPS) is 12.2. The minimum absolute atomic E-state index is 0.0409. The van der Waals surface area contributed by atoms with Crippen molar-refractivity contribution in [2.45, 2.75) is 59.3 Å².